The Hall–Kier alpha value is -2.40. The summed E-state index contributed by atoms with van der Waals surface area (Å²) < 4.78 is 12.9. The summed E-state index contributed by atoms with van der Waals surface area (Å²) >= 11 is 0. The highest BCUT2D eigenvalue weighted by Crippen LogP contribution is 2.30. The summed E-state index contributed by atoms with van der Waals surface area (Å²) in [7, 11) is 5.83. The molecule has 1 fully saturated rings. The van der Waals surface area contributed by atoms with Gasteiger partial charge in [-0.25, -0.2) is 4.79 Å². The molecule has 4 rings (SSSR count). The molecule has 0 spiro atoms. The van der Waals surface area contributed by atoms with Gasteiger partial charge in [0.1, 0.15) is 18.0 Å². The third-order valence-corrected chi connectivity index (χ3v) is 5.99. The maximum Gasteiger partial charge on any atom is 0.333 e. The largest absolute Gasteiger partial charge is 0.497 e. The van der Waals surface area contributed by atoms with Crippen LogP contribution in [0.3, 0.4) is 0 Å². The lowest BCUT2D eigenvalue weighted by molar-refractivity contribution is -0.0458. The number of aromatic nitrogens is 3. The van der Waals surface area contributed by atoms with Gasteiger partial charge in [0.2, 0.25) is 0 Å². The van der Waals surface area contributed by atoms with E-state index in [1.807, 2.05) is 56.3 Å². The third kappa shape index (κ3) is 11.9. The van der Waals surface area contributed by atoms with Crippen LogP contribution in [0.2, 0.25) is 0 Å². The number of benzene rings is 1. The van der Waals surface area contributed by atoms with Gasteiger partial charge >= 0.3 is 5.69 Å². The van der Waals surface area contributed by atoms with E-state index in [0.29, 0.717) is 11.4 Å². The molecule has 6 N–H and O–H groups in total. The quantitative estimate of drug-likeness (QED) is 0.156. The first kappa shape index (κ1) is 40.6. The van der Waals surface area contributed by atoms with Gasteiger partial charge in [0.05, 0.1) is 25.5 Å². The molecule has 7 unspecified atom stereocenters. The summed E-state index contributed by atoms with van der Waals surface area (Å²) in [6.07, 6.45) is 2.25. The van der Waals surface area contributed by atoms with E-state index in [9.17, 15) is 19.8 Å². The summed E-state index contributed by atoms with van der Waals surface area (Å²) in [6.45, 7) is 3.66. The molecule has 7 atom stereocenters. The number of ether oxygens (including phenoxy) is 2. The summed E-state index contributed by atoms with van der Waals surface area (Å²) in [6, 6.07) is 12.3. The van der Waals surface area contributed by atoms with E-state index in [0.717, 1.165) is 20.3 Å². The van der Waals surface area contributed by atoms with Gasteiger partial charge in [0.25, 0.3) is 5.56 Å². The van der Waals surface area contributed by atoms with E-state index in [4.69, 9.17) is 29.3 Å². The second-order valence-corrected chi connectivity index (χ2v) is 8.42. The van der Waals surface area contributed by atoms with E-state index in [2.05, 4.69) is 4.98 Å². The molecule has 1 saturated heterocycles. The molecule has 3 aromatic rings. The van der Waals surface area contributed by atoms with Crippen molar-refractivity contribution in [1.82, 2.24) is 14.1 Å². The van der Waals surface area contributed by atoms with Crippen molar-refractivity contribution in [3.63, 3.8) is 0 Å². The number of aliphatic hydroxyl groups excluding tert-OH is 3. The van der Waals surface area contributed by atoms with Gasteiger partial charge in [-0.2, -0.15) is 0 Å². The van der Waals surface area contributed by atoms with Crippen molar-refractivity contribution >= 4 is 28.4 Å². The van der Waals surface area contributed by atoms with Gasteiger partial charge in [0.15, 0.2) is 6.23 Å². The van der Waals surface area contributed by atoms with Crippen LogP contribution >= 0.6 is 28.4 Å². The Balaban J connectivity index is 0.00000158. The Morgan fingerprint density at radius 2 is 1.58 bits per heavy atom. The highest BCUT2D eigenvalue weighted by molar-refractivity contribution is 7.08. The van der Waals surface area contributed by atoms with Crippen LogP contribution < -0.4 is 16.0 Å². The lowest BCUT2D eigenvalue weighted by Crippen LogP contribution is -2.43. The van der Waals surface area contributed by atoms with Gasteiger partial charge < -0.3 is 39.5 Å². The zero-order valence-electron chi connectivity index (χ0n) is 24.2. The molecule has 240 valence electrons. The Labute approximate surface area is 257 Å². The summed E-state index contributed by atoms with van der Waals surface area (Å²) in [5.74, 6) is 0.699. The standard InChI is InChI=1S/C23H25N3O7.C4H8.3H3OP/c1-32-17-4-2-3-14(12-17)15-5-8-24-16(11-15)13-26-19(28)6-9-25(23(26)31)22-21(30)20(29)18(33-22)7-10-27;1-3-4-2;3*1-2/h2-6,8-9,11-12,18,20-22,27,29-30H,7,10,13H2,1H3;3-4H,1-2H3;3*1H,2H2/b;4-3-;;;. The Kier molecular flexibility index (Phi) is 21.8. The molecule has 0 radical (unpaired) electrons. The van der Waals surface area contributed by atoms with Crippen molar-refractivity contribution in [3.05, 3.63) is 93.5 Å². The number of rotatable bonds is 7. The number of aliphatic hydroxyl groups is 3. The van der Waals surface area contributed by atoms with E-state index in [1.165, 1.54) is 40.7 Å². The zero-order chi connectivity index (χ0) is 32.9. The van der Waals surface area contributed by atoms with Crippen LogP contribution in [-0.2, 0) is 11.3 Å². The SMILES string of the molecule is C/C=C\C.COc1cccc(-c2ccnc(Cn3c(=O)ccn(C4OC(CCO)C(O)C4O)c3=O)c2)c1.OP.OP.OP. The van der Waals surface area contributed by atoms with Crippen molar-refractivity contribution in [2.24, 2.45) is 0 Å². The zero-order valence-corrected chi connectivity index (χ0v) is 27.6. The van der Waals surface area contributed by atoms with E-state index in [-0.39, 0.29) is 19.6 Å². The first-order valence-corrected chi connectivity index (χ1v) is 14.3. The molecule has 0 bridgehead atoms. The van der Waals surface area contributed by atoms with Crippen molar-refractivity contribution in [2.75, 3.05) is 13.7 Å². The Morgan fingerprint density at radius 1 is 0.953 bits per heavy atom. The summed E-state index contributed by atoms with van der Waals surface area (Å²) in [4.78, 5) is 50.6. The number of hydrogen-bond acceptors (Lipinski definition) is 11. The minimum absolute atomic E-state index is 0.0955. The third-order valence-electron chi connectivity index (χ3n) is 5.99. The molecule has 43 heavy (non-hydrogen) atoms. The second-order valence-electron chi connectivity index (χ2n) is 8.42. The van der Waals surface area contributed by atoms with E-state index in [1.54, 1.807) is 19.4 Å². The number of nitrogens with zero attached hydrogens (tertiary/aromatic N) is 3. The van der Waals surface area contributed by atoms with Crippen LogP contribution in [0.25, 0.3) is 11.1 Å². The van der Waals surface area contributed by atoms with Crippen LogP contribution in [0.4, 0.5) is 0 Å². The van der Waals surface area contributed by atoms with Crippen LogP contribution in [0, 0.1) is 0 Å². The average Bonchev–Trinajstić information content (AvgIpc) is 3.34. The molecule has 1 aliphatic rings. The minimum atomic E-state index is -1.39. The topological polar surface area (TPSA) is 197 Å². The lowest BCUT2D eigenvalue weighted by Gasteiger charge is -2.18. The summed E-state index contributed by atoms with van der Waals surface area (Å²) in [5.41, 5.74) is 0.968. The first-order chi connectivity index (χ1) is 20.8. The van der Waals surface area contributed by atoms with Crippen LogP contribution in [0.5, 0.6) is 5.75 Å². The van der Waals surface area contributed by atoms with Crippen molar-refractivity contribution < 1.29 is 39.5 Å². The molecule has 1 aliphatic heterocycles. The van der Waals surface area contributed by atoms with Gasteiger partial charge in [-0.15, -0.1) is 0 Å². The molecule has 1 aromatic carbocycles. The van der Waals surface area contributed by atoms with Gasteiger partial charge in [-0.1, -0.05) is 24.3 Å². The normalized spacial score (nSPS) is 18.5. The fourth-order valence-electron chi connectivity index (χ4n) is 3.90. The highest BCUT2D eigenvalue weighted by atomic mass is 31.0. The fourth-order valence-corrected chi connectivity index (χ4v) is 3.90. The first-order valence-electron chi connectivity index (χ1n) is 12.7. The molecule has 13 nitrogen and oxygen atoms in total. The molecular formula is C27H42N3O10P3. The molecule has 0 saturated carbocycles. The molecule has 16 heteroatoms. The van der Waals surface area contributed by atoms with Gasteiger partial charge in [-0.05, 0) is 84.1 Å². The number of hydrogen-bond donors (Lipinski definition) is 6. The number of methoxy groups -OCH3 is 1. The Bertz CT molecular complexity index is 1340. The molecular weight excluding hydrogens is 619 g/mol. The second kappa shape index (κ2) is 23.0. The van der Waals surface area contributed by atoms with Crippen LogP contribution in [0.1, 0.15) is 32.2 Å². The Morgan fingerprint density at radius 3 is 2.16 bits per heavy atom. The van der Waals surface area contributed by atoms with E-state index < -0.39 is 35.8 Å². The van der Waals surface area contributed by atoms with Crippen molar-refractivity contribution in [3.8, 4) is 16.9 Å². The van der Waals surface area contributed by atoms with Gasteiger partial charge in [0, 0.05) is 25.1 Å². The predicted octanol–water partition coefficient (Wildman–Crippen LogP) is 1.02. The lowest BCUT2D eigenvalue weighted by atomic mass is 10.1. The molecule has 0 amide bonds. The number of pyridine rings is 1. The summed E-state index contributed by atoms with van der Waals surface area (Å²) in [5, 5.41) is 29.6. The average molecular weight is 662 g/mol. The predicted molar refractivity (Wildman–Crippen MR) is 174 cm³/mol. The minimum Gasteiger partial charge on any atom is -0.497 e. The maximum absolute atomic E-state index is 13.1. The molecule has 0 aliphatic carbocycles. The fraction of sp³-hybridized carbons (Fsp3) is 0.370. The van der Waals surface area contributed by atoms with Crippen LogP contribution in [0.15, 0.2) is 76.6 Å². The van der Waals surface area contributed by atoms with Crippen LogP contribution in [-0.4, -0.2) is 76.1 Å². The van der Waals surface area contributed by atoms with Gasteiger partial charge in [-0.3, -0.25) is 18.9 Å². The highest BCUT2D eigenvalue weighted by Gasteiger charge is 2.43. The monoisotopic (exact) mass is 661 g/mol. The maximum atomic E-state index is 13.1. The molecule has 3 heterocycles. The van der Waals surface area contributed by atoms with Crippen molar-refractivity contribution in [2.45, 2.75) is 51.4 Å². The van der Waals surface area contributed by atoms with Crippen molar-refractivity contribution in [1.29, 1.82) is 0 Å². The van der Waals surface area contributed by atoms with E-state index >= 15 is 0 Å². The number of allylic oxidation sites excluding steroid dienone is 2. The smallest absolute Gasteiger partial charge is 0.333 e. The molecule has 2 aromatic heterocycles.